The molecule has 0 aliphatic rings. The summed E-state index contributed by atoms with van der Waals surface area (Å²) in [6, 6.07) is 11.7. The second-order valence-corrected chi connectivity index (χ2v) is 5.12. The standard InChI is InChI=1S/C12H11NO4S/c13-11-8-10(6-7-12(11)14)18(15,16)17-9-4-2-1-3-5-9/h1-8,14H,13H2. The first kappa shape index (κ1) is 12.3. The van der Waals surface area contributed by atoms with Gasteiger partial charge in [-0.25, -0.2) is 0 Å². The van der Waals surface area contributed by atoms with Crippen LogP contribution in [-0.2, 0) is 10.1 Å². The maximum absolute atomic E-state index is 11.9. The summed E-state index contributed by atoms with van der Waals surface area (Å²) in [5.41, 5.74) is 5.42. The van der Waals surface area contributed by atoms with Crippen LogP contribution in [0.1, 0.15) is 0 Å². The van der Waals surface area contributed by atoms with Gasteiger partial charge in [-0.3, -0.25) is 0 Å². The Morgan fingerprint density at radius 1 is 1.06 bits per heavy atom. The normalized spacial score (nSPS) is 11.1. The number of phenols is 1. The number of phenolic OH excluding ortho intramolecular Hbond substituents is 1. The highest BCUT2D eigenvalue weighted by Gasteiger charge is 2.17. The third-order valence-corrected chi connectivity index (χ3v) is 3.48. The zero-order chi connectivity index (χ0) is 13.2. The predicted octanol–water partition coefficient (Wildman–Crippen LogP) is 1.74. The molecule has 6 heteroatoms. The Kier molecular flexibility index (Phi) is 3.12. The van der Waals surface area contributed by atoms with E-state index in [2.05, 4.69) is 0 Å². The molecule has 2 aromatic carbocycles. The first-order chi connectivity index (χ1) is 8.49. The van der Waals surface area contributed by atoms with Gasteiger partial charge in [0.05, 0.1) is 5.69 Å². The van der Waals surface area contributed by atoms with Gasteiger partial charge in [0.2, 0.25) is 0 Å². The van der Waals surface area contributed by atoms with Crippen LogP contribution < -0.4 is 9.92 Å². The average molecular weight is 265 g/mol. The summed E-state index contributed by atoms with van der Waals surface area (Å²) in [5.74, 6) is 0.0396. The molecule has 0 spiro atoms. The Hall–Kier alpha value is -2.21. The number of benzene rings is 2. The minimum absolute atomic E-state index is 0.0206. The zero-order valence-corrected chi connectivity index (χ0v) is 10.1. The summed E-state index contributed by atoms with van der Waals surface area (Å²) < 4.78 is 28.7. The number of para-hydroxylation sites is 1. The summed E-state index contributed by atoms with van der Waals surface area (Å²) in [5, 5.41) is 9.24. The van der Waals surface area contributed by atoms with Crippen LogP contribution in [0.3, 0.4) is 0 Å². The van der Waals surface area contributed by atoms with E-state index < -0.39 is 10.1 Å². The summed E-state index contributed by atoms with van der Waals surface area (Å²) in [6.07, 6.45) is 0. The van der Waals surface area contributed by atoms with E-state index in [1.807, 2.05) is 0 Å². The maximum Gasteiger partial charge on any atom is 0.339 e. The van der Waals surface area contributed by atoms with Crippen LogP contribution in [0.2, 0.25) is 0 Å². The third kappa shape index (κ3) is 2.54. The fourth-order valence-corrected chi connectivity index (χ4v) is 2.31. The lowest BCUT2D eigenvalue weighted by atomic mass is 10.3. The van der Waals surface area contributed by atoms with Crippen molar-refractivity contribution >= 4 is 15.8 Å². The first-order valence-corrected chi connectivity index (χ1v) is 6.48. The van der Waals surface area contributed by atoms with Crippen molar-refractivity contribution < 1.29 is 17.7 Å². The average Bonchev–Trinajstić information content (AvgIpc) is 2.33. The SMILES string of the molecule is Nc1cc(S(=O)(=O)Oc2ccccc2)ccc1O. The number of nitrogens with two attached hydrogens (primary N) is 1. The molecule has 5 nitrogen and oxygen atoms in total. The summed E-state index contributed by atoms with van der Waals surface area (Å²) in [7, 11) is -3.94. The maximum atomic E-state index is 11.9. The molecule has 0 saturated heterocycles. The van der Waals surface area contributed by atoms with Gasteiger partial charge < -0.3 is 15.0 Å². The van der Waals surface area contributed by atoms with E-state index >= 15 is 0 Å². The van der Waals surface area contributed by atoms with Crippen LogP contribution in [0.25, 0.3) is 0 Å². The van der Waals surface area contributed by atoms with E-state index in [1.165, 1.54) is 24.3 Å². The van der Waals surface area contributed by atoms with Crippen molar-refractivity contribution in [2.75, 3.05) is 5.73 Å². The van der Waals surface area contributed by atoms with Crippen molar-refractivity contribution in [3.63, 3.8) is 0 Å². The highest BCUT2D eigenvalue weighted by molar-refractivity contribution is 7.87. The molecule has 0 aromatic heterocycles. The molecule has 0 aliphatic heterocycles. The van der Waals surface area contributed by atoms with Gasteiger partial charge in [0.25, 0.3) is 0 Å². The van der Waals surface area contributed by atoms with Gasteiger partial charge in [0.15, 0.2) is 0 Å². The lowest BCUT2D eigenvalue weighted by Crippen LogP contribution is -2.10. The molecule has 0 saturated carbocycles. The molecular formula is C12H11NO4S. The molecule has 2 aromatic rings. The summed E-state index contributed by atoms with van der Waals surface area (Å²) in [4.78, 5) is -0.110. The summed E-state index contributed by atoms with van der Waals surface area (Å²) in [6.45, 7) is 0. The smallest absolute Gasteiger partial charge is 0.339 e. The molecule has 0 bridgehead atoms. The lowest BCUT2D eigenvalue weighted by molar-refractivity contribution is 0.475. The van der Waals surface area contributed by atoms with E-state index in [-0.39, 0.29) is 22.1 Å². The molecule has 0 radical (unpaired) electrons. The van der Waals surface area contributed by atoms with Gasteiger partial charge in [-0.1, -0.05) is 18.2 Å². The number of aromatic hydroxyl groups is 1. The molecule has 0 atom stereocenters. The van der Waals surface area contributed by atoms with Crippen LogP contribution in [0.15, 0.2) is 53.4 Å². The van der Waals surface area contributed by atoms with Crippen LogP contribution >= 0.6 is 0 Å². The minimum Gasteiger partial charge on any atom is -0.506 e. The fraction of sp³-hybridized carbons (Fsp3) is 0. The second kappa shape index (κ2) is 4.58. The first-order valence-electron chi connectivity index (χ1n) is 5.07. The van der Waals surface area contributed by atoms with Crippen molar-refractivity contribution in [3.8, 4) is 11.5 Å². The predicted molar refractivity (Wildman–Crippen MR) is 66.8 cm³/mol. The van der Waals surface area contributed by atoms with Crippen molar-refractivity contribution in [1.29, 1.82) is 0 Å². The number of hydrogen-bond acceptors (Lipinski definition) is 5. The molecule has 2 rings (SSSR count). The van der Waals surface area contributed by atoms with E-state index in [4.69, 9.17) is 9.92 Å². The quantitative estimate of drug-likeness (QED) is 0.501. The Balaban J connectivity index is 2.34. The van der Waals surface area contributed by atoms with E-state index in [9.17, 15) is 13.5 Å². The van der Waals surface area contributed by atoms with Crippen molar-refractivity contribution in [2.24, 2.45) is 0 Å². The van der Waals surface area contributed by atoms with Gasteiger partial charge in [0, 0.05) is 0 Å². The molecule has 0 aliphatic carbocycles. The number of nitrogen functional groups attached to an aromatic ring is 1. The molecule has 0 unspecified atom stereocenters. The molecule has 0 heterocycles. The summed E-state index contributed by atoms with van der Waals surface area (Å²) >= 11 is 0. The molecule has 18 heavy (non-hydrogen) atoms. The van der Waals surface area contributed by atoms with Crippen LogP contribution in [-0.4, -0.2) is 13.5 Å². The number of hydrogen-bond donors (Lipinski definition) is 2. The Morgan fingerprint density at radius 3 is 2.33 bits per heavy atom. The lowest BCUT2D eigenvalue weighted by Gasteiger charge is -2.07. The van der Waals surface area contributed by atoms with Gasteiger partial charge in [-0.2, -0.15) is 8.42 Å². The second-order valence-electron chi connectivity index (χ2n) is 3.57. The van der Waals surface area contributed by atoms with Gasteiger partial charge in [-0.05, 0) is 30.3 Å². The van der Waals surface area contributed by atoms with Crippen molar-refractivity contribution in [3.05, 3.63) is 48.5 Å². The Morgan fingerprint density at radius 2 is 1.72 bits per heavy atom. The minimum atomic E-state index is -3.94. The van der Waals surface area contributed by atoms with E-state index in [1.54, 1.807) is 18.2 Å². The van der Waals surface area contributed by atoms with Gasteiger partial charge >= 0.3 is 10.1 Å². The van der Waals surface area contributed by atoms with Gasteiger partial charge in [0.1, 0.15) is 16.4 Å². The number of anilines is 1. The fourth-order valence-electron chi connectivity index (χ4n) is 1.34. The zero-order valence-electron chi connectivity index (χ0n) is 9.28. The van der Waals surface area contributed by atoms with Crippen LogP contribution in [0.5, 0.6) is 11.5 Å². The molecule has 0 fully saturated rings. The largest absolute Gasteiger partial charge is 0.506 e. The van der Waals surface area contributed by atoms with Gasteiger partial charge in [-0.15, -0.1) is 0 Å². The monoisotopic (exact) mass is 265 g/mol. The highest BCUT2D eigenvalue weighted by atomic mass is 32.2. The van der Waals surface area contributed by atoms with E-state index in [0.29, 0.717) is 0 Å². The van der Waals surface area contributed by atoms with Crippen molar-refractivity contribution in [2.45, 2.75) is 4.90 Å². The van der Waals surface area contributed by atoms with Crippen LogP contribution in [0.4, 0.5) is 5.69 Å². The Bertz CT molecular complexity index is 653. The molecular weight excluding hydrogens is 254 g/mol. The molecule has 0 amide bonds. The van der Waals surface area contributed by atoms with Crippen molar-refractivity contribution in [1.82, 2.24) is 0 Å². The van der Waals surface area contributed by atoms with E-state index in [0.717, 1.165) is 6.07 Å². The Labute approximate surface area is 105 Å². The van der Waals surface area contributed by atoms with Crippen LogP contribution in [0, 0.1) is 0 Å². The number of rotatable bonds is 3. The highest BCUT2D eigenvalue weighted by Crippen LogP contribution is 2.25. The molecule has 94 valence electrons. The third-order valence-electron chi connectivity index (χ3n) is 2.24. The molecule has 3 N–H and O–H groups in total. The topological polar surface area (TPSA) is 89.6 Å².